The van der Waals surface area contributed by atoms with E-state index in [4.69, 9.17) is 9.47 Å². The molecule has 2 fully saturated rings. The van der Waals surface area contributed by atoms with E-state index in [1.165, 1.54) is 39.0 Å². The highest BCUT2D eigenvalue weighted by atomic mass is 16.6. The molecule has 154 valence electrons. The van der Waals surface area contributed by atoms with Crippen molar-refractivity contribution in [2.75, 3.05) is 0 Å². The van der Waals surface area contributed by atoms with Crippen molar-refractivity contribution in [3.8, 4) is 0 Å². The van der Waals surface area contributed by atoms with Crippen molar-refractivity contribution in [3.63, 3.8) is 0 Å². The fraction of sp³-hybridized carbons (Fsp3) is 0.826. The number of rotatable bonds is 9. The van der Waals surface area contributed by atoms with Crippen LogP contribution in [0, 0.1) is 11.8 Å². The van der Waals surface area contributed by atoms with Crippen molar-refractivity contribution in [1.82, 2.24) is 0 Å². The summed E-state index contributed by atoms with van der Waals surface area (Å²) >= 11 is 0. The molecule has 0 saturated heterocycles. The number of esters is 2. The fourth-order valence-corrected chi connectivity index (χ4v) is 5.04. The zero-order valence-corrected chi connectivity index (χ0v) is 17.5. The van der Waals surface area contributed by atoms with Gasteiger partial charge in [0.2, 0.25) is 0 Å². The van der Waals surface area contributed by atoms with Crippen LogP contribution < -0.4 is 0 Å². The Labute approximate surface area is 165 Å². The minimum absolute atomic E-state index is 0.145. The maximum absolute atomic E-state index is 12.9. The van der Waals surface area contributed by atoms with Crippen molar-refractivity contribution in [3.05, 3.63) is 12.2 Å². The summed E-state index contributed by atoms with van der Waals surface area (Å²) in [4.78, 5) is 24.5. The Hall–Kier alpha value is -1.32. The number of carbonyl (C=O) groups excluding carboxylic acids is 2. The lowest BCUT2D eigenvalue weighted by Crippen LogP contribution is -2.42. The fourth-order valence-electron chi connectivity index (χ4n) is 5.04. The lowest BCUT2D eigenvalue weighted by molar-refractivity contribution is -0.173. The topological polar surface area (TPSA) is 52.6 Å². The van der Waals surface area contributed by atoms with E-state index in [-0.39, 0.29) is 29.9 Å². The molecule has 4 nitrogen and oxygen atoms in total. The number of carbonyl (C=O) groups is 2. The second kappa shape index (κ2) is 10.9. The smallest absolute Gasteiger partial charge is 0.310 e. The standard InChI is InChI=1S/C23H38O4/c1-4-6-12-19(5-2)21(26-18(3)24)17-22(25)27-23(15-10-11-16-23)20-13-8-7-9-14-20/h4,6,19-21H,5,7-17H2,1-3H3/b6-4-. The lowest BCUT2D eigenvalue weighted by atomic mass is 9.75. The van der Waals surface area contributed by atoms with Crippen molar-refractivity contribution < 1.29 is 19.1 Å². The summed E-state index contributed by atoms with van der Waals surface area (Å²) in [5.41, 5.74) is -0.261. The number of ether oxygens (including phenoxy) is 2. The molecule has 0 aromatic carbocycles. The Morgan fingerprint density at radius 1 is 1.11 bits per heavy atom. The van der Waals surface area contributed by atoms with E-state index in [2.05, 4.69) is 13.0 Å². The first-order chi connectivity index (χ1) is 13.0. The molecule has 0 heterocycles. The molecular formula is C23H38O4. The summed E-state index contributed by atoms with van der Waals surface area (Å²) in [5.74, 6) is 0.143. The maximum Gasteiger partial charge on any atom is 0.310 e. The summed E-state index contributed by atoms with van der Waals surface area (Å²) in [6.07, 6.45) is 16.0. The highest BCUT2D eigenvalue weighted by Crippen LogP contribution is 2.45. The lowest BCUT2D eigenvalue weighted by Gasteiger charge is -2.39. The molecule has 4 heteroatoms. The molecule has 0 spiro atoms. The summed E-state index contributed by atoms with van der Waals surface area (Å²) < 4.78 is 11.7. The molecule has 0 bridgehead atoms. The zero-order chi connectivity index (χ0) is 19.7. The Kier molecular flexibility index (Phi) is 8.85. The molecule has 0 aliphatic heterocycles. The van der Waals surface area contributed by atoms with Crippen LogP contribution >= 0.6 is 0 Å². The molecule has 0 radical (unpaired) electrons. The third kappa shape index (κ3) is 6.36. The molecule has 2 rings (SSSR count). The average molecular weight is 379 g/mol. The zero-order valence-electron chi connectivity index (χ0n) is 17.5. The van der Waals surface area contributed by atoms with Gasteiger partial charge in [-0.2, -0.15) is 0 Å². The van der Waals surface area contributed by atoms with Crippen LogP contribution in [0.1, 0.15) is 97.8 Å². The van der Waals surface area contributed by atoms with Crippen LogP contribution in [0.3, 0.4) is 0 Å². The van der Waals surface area contributed by atoms with Crippen molar-refractivity contribution in [2.45, 2.75) is 110 Å². The molecule has 0 aromatic rings. The molecular weight excluding hydrogens is 340 g/mol. The van der Waals surface area contributed by atoms with Crippen molar-refractivity contribution in [1.29, 1.82) is 0 Å². The van der Waals surface area contributed by atoms with Gasteiger partial charge in [0.05, 0.1) is 6.42 Å². The van der Waals surface area contributed by atoms with Crippen LogP contribution in [0.15, 0.2) is 12.2 Å². The molecule has 2 aliphatic rings. The van der Waals surface area contributed by atoms with Gasteiger partial charge >= 0.3 is 11.9 Å². The minimum atomic E-state index is -0.402. The Morgan fingerprint density at radius 3 is 2.33 bits per heavy atom. The maximum atomic E-state index is 12.9. The van der Waals surface area contributed by atoms with Gasteiger partial charge in [-0.1, -0.05) is 38.3 Å². The van der Waals surface area contributed by atoms with Crippen LogP contribution in [0.2, 0.25) is 0 Å². The van der Waals surface area contributed by atoms with Crippen LogP contribution in [0.25, 0.3) is 0 Å². The van der Waals surface area contributed by atoms with E-state index in [0.717, 1.165) is 38.5 Å². The van der Waals surface area contributed by atoms with Gasteiger partial charge in [0.1, 0.15) is 11.7 Å². The molecule has 2 saturated carbocycles. The van der Waals surface area contributed by atoms with Gasteiger partial charge in [0, 0.05) is 6.92 Å². The third-order valence-corrected chi connectivity index (χ3v) is 6.53. The normalized spacial score (nSPS) is 22.5. The Bertz CT molecular complexity index is 499. The van der Waals surface area contributed by atoms with E-state index in [1.807, 2.05) is 13.0 Å². The van der Waals surface area contributed by atoms with E-state index < -0.39 is 6.10 Å². The molecule has 2 unspecified atom stereocenters. The quantitative estimate of drug-likeness (QED) is 0.379. The second-order valence-corrected chi connectivity index (χ2v) is 8.41. The molecule has 0 aromatic heterocycles. The minimum Gasteiger partial charge on any atom is -0.462 e. The first-order valence-electron chi connectivity index (χ1n) is 11.0. The first kappa shape index (κ1) is 22.0. The van der Waals surface area contributed by atoms with Crippen molar-refractivity contribution >= 4 is 11.9 Å². The number of allylic oxidation sites excluding steroid dienone is 2. The van der Waals surface area contributed by atoms with Crippen LogP contribution in [-0.2, 0) is 19.1 Å². The van der Waals surface area contributed by atoms with Gasteiger partial charge in [-0.25, -0.2) is 0 Å². The average Bonchev–Trinajstić information content (AvgIpc) is 3.12. The Balaban J connectivity index is 2.04. The van der Waals surface area contributed by atoms with Crippen molar-refractivity contribution in [2.24, 2.45) is 11.8 Å². The molecule has 0 N–H and O–H groups in total. The van der Waals surface area contributed by atoms with Crippen LogP contribution in [-0.4, -0.2) is 23.6 Å². The van der Waals surface area contributed by atoms with Gasteiger partial charge in [0.15, 0.2) is 0 Å². The second-order valence-electron chi connectivity index (χ2n) is 8.41. The SMILES string of the molecule is C/C=C\CC(CC)C(CC(=O)OC1(C2CCCCC2)CCCC1)OC(C)=O. The van der Waals surface area contributed by atoms with Gasteiger partial charge < -0.3 is 9.47 Å². The molecule has 27 heavy (non-hydrogen) atoms. The van der Waals surface area contributed by atoms with Gasteiger partial charge in [-0.15, -0.1) is 0 Å². The van der Waals surface area contributed by atoms with E-state index >= 15 is 0 Å². The van der Waals surface area contributed by atoms with Gasteiger partial charge in [-0.05, 0) is 70.1 Å². The summed E-state index contributed by atoms with van der Waals surface area (Å²) in [5, 5.41) is 0. The highest BCUT2D eigenvalue weighted by Gasteiger charge is 2.45. The molecule has 0 amide bonds. The van der Waals surface area contributed by atoms with Crippen LogP contribution in [0.5, 0.6) is 0 Å². The summed E-state index contributed by atoms with van der Waals surface area (Å²) in [6.45, 7) is 5.48. The first-order valence-corrected chi connectivity index (χ1v) is 11.0. The van der Waals surface area contributed by atoms with E-state index in [0.29, 0.717) is 5.92 Å². The largest absolute Gasteiger partial charge is 0.462 e. The molecule has 2 atom stereocenters. The summed E-state index contributed by atoms with van der Waals surface area (Å²) in [6, 6.07) is 0. The predicted molar refractivity (Wildman–Crippen MR) is 107 cm³/mol. The number of hydrogen-bond acceptors (Lipinski definition) is 4. The molecule has 2 aliphatic carbocycles. The third-order valence-electron chi connectivity index (χ3n) is 6.53. The monoisotopic (exact) mass is 378 g/mol. The predicted octanol–water partition coefficient (Wildman–Crippen LogP) is 5.74. The Morgan fingerprint density at radius 2 is 1.78 bits per heavy atom. The van der Waals surface area contributed by atoms with Gasteiger partial charge in [-0.3, -0.25) is 9.59 Å². The van der Waals surface area contributed by atoms with Gasteiger partial charge in [0.25, 0.3) is 0 Å². The van der Waals surface area contributed by atoms with E-state index in [1.54, 1.807) is 0 Å². The van der Waals surface area contributed by atoms with E-state index in [9.17, 15) is 9.59 Å². The highest BCUT2D eigenvalue weighted by molar-refractivity contribution is 5.72. The van der Waals surface area contributed by atoms with Crippen LogP contribution in [0.4, 0.5) is 0 Å². The summed E-state index contributed by atoms with van der Waals surface area (Å²) in [7, 11) is 0. The number of hydrogen-bond donors (Lipinski definition) is 0.